The minimum Gasteiger partial charge on any atom is -0.337 e. The van der Waals surface area contributed by atoms with Crippen LogP contribution in [0.3, 0.4) is 0 Å². The van der Waals surface area contributed by atoms with Gasteiger partial charge in [0.1, 0.15) is 0 Å². The lowest BCUT2D eigenvalue weighted by atomic mass is 9.96. The number of nitrogens with zero attached hydrogens (tertiary/aromatic N) is 1. The van der Waals surface area contributed by atoms with Crippen LogP contribution in [0.4, 0.5) is 5.69 Å². The molecule has 1 fully saturated rings. The van der Waals surface area contributed by atoms with Gasteiger partial charge in [0.15, 0.2) is 0 Å². The molecule has 5 heteroatoms. The lowest BCUT2D eigenvalue weighted by Gasteiger charge is -2.32. The molecule has 2 aromatic rings. The van der Waals surface area contributed by atoms with Gasteiger partial charge in [-0.2, -0.15) is 0 Å². The number of hydrogen-bond acceptors (Lipinski definition) is 3. The van der Waals surface area contributed by atoms with E-state index in [4.69, 9.17) is 0 Å². The third-order valence-electron chi connectivity index (χ3n) is 4.80. The number of aryl methyl sites for hydroxylation is 2. The zero-order valence-electron chi connectivity index (χ0n) is 14.7. The molecule has 4 nitrogen and oxygen atoms in total. The number of carbonyl (C=O) groups is 2. The fourth-order valence-corrected chi connectivity index (χ4v) is 4.05. The highest BCUT2D eigenvalue weighted by Gasteiger charge is 2.29. The Kier molecular flexibility index (Phi) is 5.53. The van der Waals surface area contributed by atoms with Crippen molar-refractivity contribution in [3.63, 3.8) is 0 Å². The number of anilines is 1. The molecule has 132 valence electrons. The van der Waals surface area contributed by atoms with Gasteiger partial charge in [0.05, 0.1) is 10.8 Å². The van der Waals surface area contributed by atoms with Gasteiger partial charge >= 0.3 is 0 Å². The van der Waals surface area contributed by atoms with Crippen molar-refractivity contribution in [3.8, 4) is 0 Å². The van der Waals surface area contributed by atoms with Crippen molar-refractivity contribution in [2.24, 2.45) is 5.92 Å². The minimum atomic E-state index is -0.151. The van der Waals surface area contributed by atoms with Crippen LogP contribution in [0.5, 0.6) is 0 Å². The molecule has 1 aromatic carbocycles. The first kappa shape index (κ1) is 17.7. The molecule has 0 spiro atoms. The second-order valence-corrected chi connectivity index (χ2v) is 7.47. The molecule has 25 heavy (non-hydrogen) atoms. The fraction of sp³-hybridized carbons (Fsp3) is 0.400. The average Bonchev–Trinajstić information content (AvgIpc) is 3.17. The highest BCUT2D eigenvalue weighted by atomic mass is 32.1. The highest BCUT2D eigenvalue weighted by Crippen LogP contribution is 2.25. The predicted molar refractivity (Wildman–Crippen MR) is 102 cm³/mol. The number of benzene rings is 1. The third-order valence-corrected chi connectivity index (χ3v) is 5.66. The zero-order chi connectivity index (χ0) is 17.8. The Labute approximate surface area is 152 Å². The summed E-state index contributed by atoms with van der Waals surface area (Å²) >= 11 is 1.45. The van der Waals surface area contributed by atoms with E-state index in [0.29, 0.717) is 6.54 Å². The molecular formula is C20H24N2O2S. The number of amides is 2. The van der Waals surface area contributed by atoms with E-state index in [1.807, 2.05) is 41.5 Å². The molecule has 0 radical (unpaired) electrons. The largest absolute Gasteiger partial charge is 0.337 e. The summed E-state index contributed by atoms with van der Waals surface area (Å²) < 4.78 is 0. The Balaban J connectivity index is 1.69. The summed E-state index contributed by atoms with van der Waals surface area (Å²) in [6, 6.07) is 9.82. The molecule has 0 bridgehead atoms. The van der Waals surface area contributed by atoms with Gasteiger partial charge in [-0.1, -0.05) is 31.2 Å². The number of rotatable bonds is 4. The summed E-state index contributed by atoms with van der Waals surface area (Å²) in [5.74, 6) is -0.0905. The second kappa shape index (κ2) is 7.83. The van der Waals surface area contributed by atoms with Crippen molar-refractivity contribution in [2.45, 2.75) is 33.1 Å². The highest BCUT2D eigenvalue weighted by molar-refractivity contribution is 7.12. The lowest BCUT2D eigenvalue weighted by Crippen LogP contribution is -2.43. The summed E-state index contributed by atoms with van der Waals surface area (Å²) in [7, 11) is 0. The molecule has 0 aliphatic carbocycles. The van der Waals surface area contributed by atoms with Crippen LogP contribution in [0.25, 0.3) is 0 Å². The number of para-hydroxylation sites is 1. The number of thiophene rings is 1. The Hall–Kier alpha value is -2.14. The van der Waals surface area contributed by atoms with Crippen LogP contribution in [-0.2, 0) is 11.2 Å². The number of hydrogen-bond donors (Lipinski definition) is 1. The Bertz CT molecular complexity index is 755. The Morgan fingerprint density at radius 1 is 1.28 bits per heavy atom. The Morgan fingerprint density at radius 3 is 2.84 bits per heavy atom. The van der Waals surface area contributed by atoms with Crippen molar-refractivity contribution in [2.75, 3.05) is 18.4 Å². The van der Waals surface area contributed by atoms with Crippen molar-refractivity contribution < 1.29 is 9.59 Å². The van der Waals surface area contributed by atoms with Crippen LogP contribution in [0.15, 0.2) is 35.7 Å². The topological polar surface area (TPSA) is 49.4 Å². The number of likely N-dealkylation sites (tertiary alicyclic amines) is 1. The average molecular weight is 356 g/mol. The van der Waals surface area contributed by atoms with E-state index >= 15 is 0 Å². The molecule has 2 amide bonds. The van der Waals surface area contributed by atoms with Crippen molar-refractivity contribution >= 4 is 28.8 Å². The number of piperidine rings is 1. The standard InChI is InChI=1S/C20H24N2O2S/c1-3-15-8-4-7-14(2)18(15)21-19(23)16-9-5-11-22(13-16)20(24)17-10-6-12-25-17/h4,6-8,10,12,16H,3,5,9,11,13H2,1-2H3,(H,21,23). The van der Waals surface area contributed by atoms with E-state index in [2.05, 4.69) is 18.3 Å². The van der Waals surface area contributed by atoms with Gasteiger partial charge in [-0.25, -0.2) is 0 Å². The van der Waals surface area contributed by atoms with E-state index in [1.165, 1.54) is 11.3 Å². The third kappa shape index (κ3) is 3.93. The first-order chi connectivity index (χ1) is 12.1. The molecule has 1 N–H and O–H groups in total. The molecule has 1 atom stereocenters. The van der Waals surface area contributed by atoms with Gasteiger partial charge < -0.3 is 10.2 Å². The van der Waals surface area contributed by atoms with E-state index in [1.54, 1.807) is 0 Å². The van der Waals surface area contributed by atoms with Gasteiger partial charge in [-0.05, 0) is 48.8 Å². The molecule has 1 aromatic heterocycles. The molecule has 1 saturated heterocycles. The summed E-state index contributed by atoms with van der Waals surface area (Å²) in [5.41, 5.74) is 3.16. The normalized spacial score (nSPS) is 17.4. The maximum atomic E-state index is 12.8. The molecule has 1 unspecified atom stereocenters. The maximum Gasteiger partial charge on any atom is 0.263 e. The molecule has 3 rings (SSSR count). The molecule has 1 aliphatic heterocycles. The van der Waals surface area contributed by atoms with Crippen LogP contribution >= 0.6 is 11.3 Å². The van der Waals surface area contributed by atoms with Crippen LogP contribution in [-0.4, -0.2) is 29.8 Å². The number of nitrogens with one attached hydrogen (secondary N) is 1. The lowest BCUT2D eigenvalue weighted by molar-refractivity contribution is -0.121. The minimum absolute atomic E-state index is 0.0210. The van der Waals surface area contributed by atoms with Crippen LogP contribution in [0.1, 0.15) is 40.6 Å². The SMILES string of the molecule is CCc1cccc(C)c1NC(=O)C1CCCN(C(=O)c2cccs2)C1. The summed E-state index contributed by atoms with van der Waals surface area (Å²) in [6.07, 6.45) is 2.57. The Morgan fingerprint density at radius 2 is 2.12 bits per heavy atom. The summed E-state index contributed by atoms with van der Waals surface area (Å²) in [5, 5.41) is 5.03. The summed E-state index contributed by atoms with van der Waals surface area (Å²) in [6.45, 7) is 5.33. The van der Waals surface area contributed by atoms with Crippen LogP contribution in [0, 0.1) is 12.8 Å². The monoisotopic (exact) mass is 356 g/mol. The van der Waals surface area contributed by atoms with Crippen molar-refractivity contribution in [3.05, 3.63) is 51.7 Å². The first-order valence-corrected chi connectivity index (χ1v) is 9.70. The van der Waals surface area contributed by atoms with Gasteiger partial charge in [-0.3, -0.25) is 9.59 Å². The molecule has 0 saturated carbocycles. The zero-order valence-corrected chi connectivity index (χ0v) is 15.6. The van der Waals surface area contributed by atoms with Gasteiger partial charge in [0.2, 0.25) is 5.91 Å². The van der Waals surface area contributed by atoms with E-state index in [-0.39, 0.29) is 17.7 Å². The predicted octanol–water partition coefficient (Wildman–Crippen LogP) is 4.11. The first-order valence-electron chi connectivity index (χ1n) is 8.82. The van der Waals surface area contributed by atoms with E-state index in [0.717, 1.165) is 47.5 Å². The fourth-order valence-electron chi connectivity index (χ4n) is 3.36. The quantitative estimate of drug-likeness (QED) is 0.896. The smallest absolute Gasteiger partial charge is 0.263 e. The van der Waals surface area contributed by atoms with Crippen molar-refractivity contribution in [1.82, 2.24) is 4.90 Å². The molecule has 1 aliphatic rings. The van der Waals surface area contributed by atoms with E-state index in [9.17, 15) is 9.59 Å². The van der Waals surface area contributed by atoms with E-state index < -0.39 is 0 Å². The maximum absolute atomic E-state index is 12.8. The van der Waals surface area contributed by atoms with Gasteiger partial charge in [0, 0.05) is 18.8 Å². The molecular weight excluding hydrogens is 332 g/mol. The number of carbonyl (C=O) groups excluding carboxylic acids is 2. The molecule has 2 heterocycles. The second-order valence-electron chi connectivity index (χ2n) is 6.52. The summed E-state index contributed by atoms with van der Waals surface area (Å²) in [4.78, 5) is 27.9. The van der Waals surface area contributed by atoms with Gasteiger partial charge in [0.25, 0.3) is 5.91 Å². The van der Waals surface area contributed by atoms with Gasteiger partial charge in [-0.15, -0.1) is 11.3 Å². The van der Waals surface area contributed by atoms with Crippen LogP contribution < -0.4 is 5.32 Å². The van der Waals surface area contributed by atoms with Crippen molar-refractivity contribution in [1.29, 1.82) is 0 Å². The van der Waals surface area contributed by atoms with Crippen LogP contribution in [0.2, 0.25) is 0 Å².